The molecule has 0 aliphatic heterocycles. The molecule has 1 aromatic carbocycles. The van der Waals surface area contributed by atoms with Gasteiger partial charge in [-0.1, -0.05) is 28.1 Å². The Morgan fingerprint density at radius 3 is 2.94 bits per heavy atom. The van der Waals surface area contributed by atoms with Crippen LogP contribution in [0.1, 0.15) is 36.4 Å². The molecule has 2 aliphatic rings. The lowest BCUT2D eigenvalue weighted by Gasteiger charge is -2.17. The molecule has 17 heavy (non-hydrogen) atoms. The summed E-state index contributed by atoms with van der Waals surface area (Å²) in [5.41, 5.74) is 2.84. The van der Waals surface area contributed by atoms with Gasteiger partial charge in [-0.15, -0.1) is 0 Å². The van der Waals surface area contributed by atoms with Gasteiger partial charge >= 0.3 is 0 Å². The zero-order valence-corrected chi connectivity index (χ0v) is 11.4. The second-order valence-corrected chi connectivity index (χ2v) is 6.07. The highest BCUT2D eigenvalue weighted by molar-refractivity contribution is 9.10. The molecule has 3 rings (SSSR count). The standard InChI is InChI=1S/C14H18BrNO/c15-12-3-1-2-11-10(12)6-7-13(11)16-8-14(17)9-4-5-9/h1-3,9,13-14,16-17H,4-8H2. The van der Waals surface area contributed by atoms with Crippen molar-refractivity contribution in [2.24, 2.45) is 5.92 Å². The summed E-state index contributed by atoms with van der Waals surface area (Å²) in [5.74, 6) is 0.561. The van der Waals surface area contributed by atoms with Crippen LogP contribution in [0.2, 0.25) is 0 Å². The molecule has 2 N–H and O–H groups in total. The van der Waals surface area contributed by atoms with E-state index in [-0.39, 0.29) is 6.10 Å². The van der Waals surface area contributed by atoms with Crippen LogP contribution in [0.5, 0.6) is 0 Å². The number of aliphatic hydroxyl groups is 1. The lowest BCUT2D eigenvalue weighted by atomic mass is 10.1. The van der Waals surface area contributed by atoms with Crippen molar-refractivity contribution in [2.45, 2.75) is 37.8 Å². The van der Waals surface area contributed by atoms with E-state index in [1.54, 1.807) is 0 Å². The summed E-state index contributed by atoms with van der Waals surface area (Å²) >= 11 is 3.61. The van der Waals surface area contributed by atoms with Gasteiger partial charge in [0, 0.05) is 17.1 Å². The van der Waals surface area contributed by atoms with Crippen molar-refractivity contribution in [3.8, 4) is 0 Å². The monoisotopic (exact) mass is 295 g/mol. The molecular formula is C14H18BrNO. The number of nitrogens with one attached hydrogen (secondary N) is 1. The predicted molar refractivity (Wildman–Crippen MR) is 71.9 cm³/mol. The van der Waals surface area contributed by atoms with Crippen molar-refractivity contribution < 1.29 is 5.11 Å². The average Bonchev–Trinajstić information content (AvgIpc) is 3.08. The Bertz CT molecular complexity index is 417. The Morgan fingerprint density at radius 1 is 1.35 bits per heavy atom. The molecule has 0 saturated heterocycles. The Hall–Kier alpha value is -0.380. The van der Waals surface area contributed by atoms with Crippen LogP contribution in [0.4, 0.5) is 0 Å². The molecule has 3 heteroatoms. The molecule has 0 radical (unpaired) electrons. The van der Waals surface area contributed by atoms with E-state index in [4.69, 9.17) is 0 Å². The molecule has 0 bridgehead atoms. The van der Waals surface area contributed by atoms with Gasteiger partial charge in [-0.3, -0.25) is 0 Å². The molecule has 0 heterocycles. The summed E-state index contributed by atoms with van der Waals surface area (Å²) in [7, 11) is 0. The summed E-state index contributed by atoms with van der Waals surface area (Å²) in [5, 5.41) is 13.4. The van der Waals surface area contributed by atoms with Crippen molar-refractivity contribution >= 4 is 15.9 Å². The summed E-state index contributed by atoms with van der Waals surface area (Å²) < 4.78 is 1.22. The first kappa shape index (κ1) is 11.7. The summed E-state index contributed by atoms with van der Waals surface area (Å²) in [4.78, 5) is 0. The van der Waals surface area contributed by atoms with Crippen molar-refractivity contribution in [2.75, 3.05) is 6.54 Å². The van der Waals surface area contributed by atoms with Crippen LogP contribution in [0.25, 0.3) is 0 Å². The van der Waals surface area contributed by atoms with E-state index >= 15 is 0 Å². The maximum Gasteiger partial charge on any atom is 0.0692 e. The molecule has 1 fully saturated rings. The minimum Gasteiger partial charge on any atom is -0.392 e. The zero-order valence-electron chi connectivity index (χ0n) is 9.82. The fraction of sp³-hybridized carbons (Fsp3) is 0.571. The van der Waals surface area contributed by atoms with Gasteiger partial charge in [-0.25, -0.2) is 0 Å². The zero-order chi connectivity index (χ0) is 11.8. The number of hydrogen-bond donors (Lipinski definition) is 2. The molecule has 2 aliphatic carbocycles. The first-order valence-electron chi connectivity index (χ1n) is 6.44. The second kappa shape index (κ2) is 4.71. The van der Waals surface area contributed by atoms with Crippen molar-refractivity contribution in [1.82, 2.24) is 5.32 Å². The lowest BCUT2D eigenvalue weighted by molar-refractivity contribution is 0.144. The van der Waals surface area contributed by atoms with E-state index in [1.165, 1.54) is 28.4 Å². The molecule has 0 aromatic heterocycles. The Labute approximate surface area is 111 Å². The SMILES string of the molecule is OC(CNC1CCc2c(Br)cccc21)C1CC1. The third-order valence-electron chi connectivity index (χ3n) is 3.95. The van der Waals surface area contributed by atoms with Crippen LogP contribution >= 0.6 is 15.9 Å². The first-order chi connectivity index (χ1) is 8.25. The highest BCUT2D eigenvalue weighted by atomic mass is 79.9. The van der Waals surface area contributed by atoms with Crippen LogP contribution < -0.4 is 5.32 Å². The Morgan fingerprint density at radius 2 is 2.18 bits per heavy atom. The fourth-order valence-corrected chi connectivity index (χ4v) is 3.31. The highest BCUT2D eigenvalue weighted by Gasteiger charge is 2.31. The van der Waals surface area contributed by atoms with Crippen molar-refractivity contribution in [3.63, 3.8) is 0 Å². The van der Waals surface area contributed by atoms with Crippen LogP contribution in [-0.2, 0) is 6.42 Å². The Kier molecular flexibility index (Phi) is 3.24. The summed E-state index contributed by atoms with van der Waals surface area (Å²) in [6, 6.07) is 6.84. The van der Waals surface area contributed by atoms with Crippen LogP contribution in [0.15, 0.2) is 22.7 Å². The number of halogens is 1. The van der Waals surface area contributed by atoms with E-state index in [0.717, 1.165) is 19.4 Å². The number of aliphatic hydroxyl groups excluding tert-OH is 1. The van der Waals surface area contributed by atoms with E-state index in [9.17, 15) is 5.11 Å². The number of fused-ring (bicyclic) bond motifs is 1. The van der Waals surface area contributed by atoms with E-state index in [2.05, 4.69) is 39.4 Å². The third kappa shape index (κ3) is 2.42. The van der Waals surface area contributed by atoms with Gasteiger partial charge in [-0.2, -0.15) is 0 Å². The van der Waals surface area contributed by atoms with Gasteiger partial charge in [-0.05, 0) is 48.8 Å². The van der Waals surface area contributed by atoms with Gasteiger partial charge in [0.05, 0.1) is 6.10 Å². The van der Waals surface area contributed by atoms with Crippen LogP contribution in [0.3, 0.4) is 0 Å². The van der Waals surface area contributed by atoms with Crippen molar-refractivity contribution in [3.05, 3.63) is 33.8 Å². The Balaban J connectivity index is 1.65. The maximum absolute atomic E-state index is 9.88. The quantitative estimate of drug-likeness (QED) is 0.895. The van der Waals surface area contributed by atoms with Crippen molar-refractivity contribution in [1.29, 1.82) is 0 Å². The summed E-state index contributed by atoms with van der Waals surface area (Å²) in [6.45, 7) is 0.737. The highest BCUT2D eigenvalue weighted by Crippen LogP contribution is 2.36. The minimum atomic E-state index is -0.147. The largest absolute Gasteiger partial charge is 0.392 e. The molecule has 1 saturated carbocycles. The molecule has 2 nitrogen and oxygen atoms in total. The van der Waals surface area contributed by atoms with Crippen LogP contribution in [-0.4, -0.2) is 17.8 Å². The molecule has 2 atom stereocenters. The molecule has 1 aromatic rings. The van der Waals surface area contributed by atoms with E-state index in [1.807, 2.05) is 0 Å². The number of hydrogen-bond acceptors (Lipinski definition) is 2. The fourth-order valence-electron chi connectivity index (χ4n) is 2.73. The van der Waals surface area contributed by atoms with Gasteiger partial charge in [0.25, 0.3) is 0 Å². The smallest absolute Gasteiger partial charge is 0.0692 e. The molecule has 2 unspecified atom stereocenters. The molecular weight excluding hydrogens is 278 g/mol. The number of benzene rings is 1. The second-order valence-electron chi connectivity index (χ2n) is 5.21. The van der Waals surface area contributed by atoms with Crippen LogP contribution in [0, 0.1) is 5.92 Å². The average molecular weight is 296 g/mol. The predicted octanol–water partition coefficient (Wildman–Crippen LogP) is 2.80. The van der Waals surface area contributed by atoms with E-state index in [0.29, 0.717) is 12.0 Å². The lowest BCUT2D eigenvalue weighted by Crippen LogP contribution is -2.30. The van der Waals surface area contributed by atoms with Gasteiger partial charge in [0.1, 0.15) is 0 Å². The molecule has 0 amide bonds. The normalized spacial score (nSPS) is 24.7. The molecule has 92 valence electrons. The minimum absolute atomic E-state index is 0.147. The number of rotatable bonds is 4. The molecule has 0 spiro atoms. The van der Waals surface area contributed by atoms with Gasteiger partial charge in [0.15, 0.2) is 0 Å². The van der Waals surface area contributed by atoms with E-state index < -0.39 is 0 Å². The third-order valence-corrected chi connectivity index (χ3v) is 4.70. The summed E-state index contributed by atoms with van der Waals surface area (Å²) in [6.07, 6.45) is 4.54. The van der Waals surface area contributed by atoms with Gasteiger partial charge in [0.2, 0.25) is 0 Å². The maximum atomic E-state index is 9.88. The topological polar surface area (TPSA) is 32.3 Å². The van der Waals surface area contributed by atoms with Gasteiger partial charge < -0.3 is 10.4 Å². The first-order valence-corrected chi connectivity index (χ1v) is 7.23.